The van der Waals surface area contributed by atoms with E-state index in [1.54, 1.807) is 0 Å². The number of benzene rings is 2. The molecule has 0 saturated carbocycles. The third-order valence-corrected chi connectivity index (χ3v) is 7.50. The lowest BCUT2D eigenvalue weighted by Gasteiger charge is -2.32. The van der Waals surface area contributed by atoms with Gasteiger partial charge in [0, 0.05) is 36.8 Å². The topological polar surface area (TPSA) is 134 Å². The fourth-order valence-corrected chi connectivity index (χ4v) is 5.56. The van der Waals surface area contributed by atoms with Crippen LogP contribution in [0.5, 0.6) is 0 Å². The van der Waals surface area contributed by atoms with Gasteiger partial charge in [0.1, 0.15) is 16.4 Å². The van der Waals surface area contributed by atoms with Crippen LogP contribution < -0.4 is 32.1 Å². The van der Waals surface area contributed by atoms with E-state index in [0.717, 1.165) is 39.5 Å². The highest BCUT2D eigenvalue weighted by atomic mass is 32.1. The Bertz CT molecular complexity index is 1610. The number of anilines is 3. The zero-order valence-electron chi connectivity index (χ0n) is 19.5. The first-order valence-electron chi connectivity index (χ1n) is 11.3. The van der Waals surface area contributed by atoms with Crippen molar-refractivity contribution in [3.8, 4) is 0 Å². The van der Waals surface area contributed by atoms with Gasteiger partial charge in [0.05, 0.1) is 5.56 Å². The number of fused-ring (bicyclic) bond motifs is 2. The zero-order chi connectivity index (χ0) is 25.4. The standard InChI is InChI=1S/C26H23N5O4S/c1-28-24(30-26-18(13-32)17-4-2-3-5-19(17)36-26)25(35)29-11-14-6-7-15-8-9-31(12-16(15)10-14)21-20(27)22(33)23(21)34/h2-7,10,13H,8-9,11-12,27H2,1H3,(H,28,30)(H,29,35). The lowest BCUT2D eigenvalue weighted by Crippen LogP contribution is -2.44. The van der Waals surface area contributed by atoms with E-state index < -0.39 is 16.8 Å². The Balaban J connectivity index is 1.27. The summed E-state index contributed by atoms with van der Waals surface area (Å²) in [5.41, 5.74) is 8.46. The van der Waals surface area contributed by atoms with Crippen LogP contribution in [0, 0.1) is 0 Å². The molecule has 0 bridgehead atoms. The fourth-order valence-electron chi connectivity index (χ4n) is 4.49. The summed E-state index contributed by atoms with van der Waals surface area (Å²) < 4.78 is 0.937. The van der Waals surface area contributed by atoms with Crippen molar-refractivity contribution in [3.63, 3.8) is 0 Å². The Kier molecular flexibility index (Phi) is 6.11. The predicted molar refractivity (Wildman–Crippen MR) is 143 cm³/mol. The maximum atomic E-state index is 12.9. The number of aliphatic imine (C=N–C) groups is 1. The number of nitrogens with one attached hydrogen (secondary N) is 2. The average Bonchev–Trinajstić information content (AvgIpc) is 3.27. The molecular formula is C26H23N5O4S. The Labute approximate surface area is 210 Å². The number of hydrogen-bond donors (Lipinski definition) is 3. The van der Waals surface area contributed by atoms with Crippen molar-refractivity contribution in [1.82, 2.24) is 5.32 Å². The van der Waals surface area contributed by atoms with Crippen LogP contribution in [0.3, 0.4) is 0 Å². The second kappa shape index (κ2) is 9.38. The molecule has 3 aromatic carbocycles. The highest BCUT2D eigenvalue weighted by molar-refractivity contribution is 7.23. The van der Waals surface area contributed by atoms with Crippen molar-refractivity contribution in [2.24, 2.45) is 4.99 Å². The molecule has 2 heterocycles. The summed E-state index contributed by atoms with van der Waals surface area (Å²) in [6.07, 6.45) is 1.50. The number of amides is 1. The number of nitrogens with two attached hydrogens (primary N) is 1. The number of thiophene rings is 1. The molecule has 9 nitrogen and oxygen atoms in total. The van der Waals surface area contributed by atoms with Crippen molar-refractivity contribution in [1.29, 1.82) is 0 Å². The summed E-state index contributed by atoms with van der Waals surface area (Å²) >= 11 is 1.38. The summed E-state index contributed by atoms with van der Waals surface area (Å²) in [5.74, 6) is -0.299. The van der Waals surface area contributed by atoms with E-state index >= 15 is 0 Å². The van der Waals surface area contributed by atoms with E-state index in [1.807, 2.05) is 47.4 Å². The molecule has 1 amide bonds. The second-order valence-corrected chi connectivity index (χ2v) is 9.59. The maximum absolute atomic E-state index is 12.9. The van der Waals surface area contributed by atoms with E-state index in [-0.39, 0.29) is 18.1 Å². The molecule has 0 spiro atoms. The molecule has 182 valence electrons. The van der Waals surface area contributed by atoms with Crippen LogP contribution in [0.1, 0.15) is 27.0 Å². The van der Waals surface area contributed by atoms with E-state index in [2.05, 4.69) is 15.6 Å². The highest BCUT2D eigenvalue weighted by Crippen LogP contribution is 2.34. The normalized spacial score (nSPS) is 13.6. The van der Waals surface area contributed by atoms with Crippen LogP contribution in [-0.2, 0) is 24.3 Å². The minimum absolute atomic E-state index is 0.0297. The molecule has 0 aliphatic carbocycles. The Morgan fingerprint density at radius 3 is 2.72 bits per heavy atom. The summed E-state index contributed by atoms with van der Waals surface area (Å²) in [4.78, 5) is 53.9. The van der Waals surface area contributed by atoms with E-state index in [1.165, 1.54) is 18.4 Å². The van der Waals surface area contributed by atoms with Crippen molar-refractivity contribution < 1.29 is 9.59 Å². The second-order valence-electron chi connectivity index (χ2n) is 8.53. The van der Waals surface area contributed by atoms with Crippen molar-refractivity contribution >= 4 is 55.8 Å². The van der Waals surface area contributed by atoms with E-state index in [9.17, 15) is 19.2 Å². The number of nitrogen functional groups attached to an aromatic ring is 1. The Morgan fingerprint density at radius 2 is 1.97 bits per heavy atom. The van der Waals surface area contributed by atoms with Gasteiger partial charge in [-0.2, -0.15) is 0 Å². The van der Waals surface area contributed by atoms with Crippen LogP contribution in [0.2, 0.25) is 0 Å². The first kappa shape index (κ1) is 23.4. The van der Waals surface area contributed by atoms with Gasteiger partial charge in [0.15, 0.2) is 12.1 Å². The van der Waals surface area contributed by atoms with Crippen molar-refractivity contribution in [2.45, 2.75) is 19.5 Å². The molecule has 1 aliphatic rings. The number of aldehydes is 1. The predicted octanol–water partition coefficient (Wildman–Crippen LogP) is 2.21. The smallest absolute Gasteiger partial charge is 0.286 e. The molecule has 36 heavy (non-hydrogen) atoms. The first-order valence-corrected chi connectivity index (χ1v) is 12.2. The molecule has 5 rings (SSSR count). The van der Waals surface area contributed by atoms with Gasteiger partial charge < -0.3 is 21.3 Å². The van der Waals surface area contributed by atoms with Crippen LogP contribution >= 0.6 is 11.3 Å². The SMILES string of the molecule is CN=C(Nc1sc2ccccc2c1C=O)C(=O)NCc1ccc2c(c1)CN(c1c(N)c(=O)c1=O)CC2. The molecule has 0 unspecified atom stereocenters. The summed E-state index contributed by atoms with van der Waals surface area (Å²) in [6, 6.07) is 13.5. The summed E-state index contributed by atoms with van der Waals surface area (Å²) in [6.45, 7) is 1.35. The van der Waals surface area contributed by atoms with Gasteiger partial charge in [-0.15, -0.1) is 11.3 Å². The molecule has 4 aromatic rings. The third kappa shape index (κ3) is 4.05. The fraction of sp³-hybridized carbons (Fsp3) is 0.192. The van der Waals surface area contributed by atoms with Gasteiger partial charge in [-0.1, -0.05) is 36.4 Å². The van der Waals surface area contributed by atoms with Gasteiger partial charge in [-0.3, -0.25) is 24.2 Å². The van der Waals surface area contributed by atoms with Crippen molar-refractivity contribution in [2.75, 3.05) is 29.5 Å². The van der Waals surface area contributed by atoms with E-state index in [4.69, 9.17) is 5.73 Å². The van der Waals surface area contributed by atoms with Gasteiger partial charge in [0.25, 0.3) is 16.8 Å². The molecule has 4 N–H and O–H groups in total. The maximum Gasteiger partial charge on any atom is 0.286 e. The first-order chi connectivity index (χ1) is 17.4. The minimum atomic E-state index is -0.620. The monoisotopic (exact) mass is 501 g/mol. The third-order valence-electron chi connectivity index (χ3n) is 6.40. The number of hydrogen-bond acceptors (Lipinski definition) is 8. The number of carbonyl (C=O) groups excluding carboxylic acids is 2. The van der Waals surface area contributed by atoms with Crippen LogP contribution in [0.4, 0.5) is 16.4 Å². The Morgan fingerprint density at radius 1 is 1.17 bits per heavy atom. The van der Waals surface area contributed by atoms with E-state index in [0.29, 0.717) is 29.3 Å². The quantitative estimate of drug-likeness (QED) is 0.165. The minimum Gasteiger partial charge on any atom is -0.394 e. The number of rotatable bonds is 5. The summed E-state index contributed by atoms with van der Waals surface area (Å²) in [5, 5.41) is 7.26. The molecule has 0 atom stereocenters. The summed E-state index contributed by atoms with van der Waals surface area (Å²) in [7, 11) is 1.51. The lowest BCUT2D eigenvalue weighted by atomic mass is 9.96. The molecule has 0 saturated heterocycles. The zero-order valence-corrected chi connectivity index (χ0v) is 20.3. The molecule has 1 aliphatic heterocycles. The largest absolute Gasteiger partial charge is 0.394 e. The van der Waals surface area contributed by atoms with Crippen molar-refractivity contribution in [3.05, 3.63) is 85.2 Å². The molecule has 10 heteroatoms. The number of nitrogens with zero attached hydrogens (tertiary/aromatic N) is 2. The highest BCUT2D eigenvalue weighted by Gasteiger charge is 2.27. The molecule has 0 fully saturated rings. The number of carbonyl (C=O) groups is 2. The van der Waals surface area contributed by atoms with Gasteiger partial charge >= 0.3 is 0 Å². The lowest BCUT2D eigenvalue weighted by molar-refractivity contribution is -0.114. The van der Waals surface area contributed by atoms with Gasteiger partial charge in [-0.05, 0) is 29.2 Å². The van der Waals surface area contributed by atoms with Crippen LogP contribution in [0.25, 0.3) is 10.1 Å². The van der Waals surface area contributed by atoms with Crippen LogP contribution in [0.15, 0.2) is 57.0 Å². The molecular weight excluding hydrogens is 478 g/mol. The Hall–Kier alpha value is -4.31. The molecule has 0 radical (unpaired) electrons. The average molecular weight is 502 g/mol. The van der Waals surface area contributed by atoms with Gasteiger partial charge in [-0.25, -0.2) is 0 Å². The number of amidine groups is 1. The van der Waals surface area contributed by atoms with Crippen LogP contribution in [-0.4, -0.2) is 31.6 Å². The van der Waals surface area contributed by atoms with Gasteiger partial charge in [0.2, 0.25) is 0 Å². The molecule has 1 aromatic heterocycles.